The van der Waals surface area contributed by atoms with Crippen LogP contribution < -0.4 is 5.73 Å². The standard InChI is InChI=1S/C10H17N2O3P/c1-3-10(4-2,16(13,14)15)8-6-5-7-12-9(8)11/h5-7H,3-4H2,1-2H3,(H2,11,12)(H2,13,14,15). The Balaban J connectivity index is 3.45. The summed E-state index contributed by atoms with van der Waals surface area (Å²) in [5.41, 5.74) is 6.14. The zero-order valence-electron chi connectivity index (χ0n) is 9.42. The molecule has 0 saturated heterocycles. The van der Waals surface area contributed by atoms with E-state index in [1.165, 1.54) is 6.20 Å². The Hall–Kier alpha value is -0.900. The second-order valence-electron chi connectivity index (χ2n) is 3.72. The van der Waals surface area contributed by atoms with Gasteiger partial charge in [-0.1, -0.05) is 19.9 Å². The SMILES string of the molecule is CCC(CC)(c1cccnc1N)P(=O)(O)O. The van der Waals surface area contributed by atoms with Gasteiger partial charge in [-0.25, -0.2) is 4.98 Å². The van der Waals surface area contributed by atoms with Crippen LogP contribution >= 0.6 is 7.60 Å². The van der Waals surface area contributed by atoms with Crippen molar-refractivity contribution in [2.45, 2.75) is 31.8 Å². The molecule has 1 aromatic heterocycles. The number of pyridine rings is 1. The lowest BCUT2D eigenvalue weighted by molar-refractivity contribution is 0.315. The van der Waals surface area contributed by atoms with Gasteiger partial charge in [-0.15, -0.1) is 0 Å². The molecular weight excluding hydrogens is 227 g/mol. The molecule has 0 saturated carbocycles. The van der Waals surface area contributed by atoms with Crippen LogP contribution in [0.1, 0.15) is 32.3 Å². The Morgan fingerprint density at radius 1 is 1.44 bits per heavy atom. The van der Waals surface area contributed by atoms with Crippen LogP contribution in [0.2, 0.25) is 0 Å². The molecule has 0 aliphatic rings. The summed E-state index contributed by atoms with van der Waals surface area (Å²) in [6.07, 6.45) is 2.15. The molecule has 4 N–H and O–H groups in total. The van der Waals surface area contributed by atoms with Gasteiger partial charge in [-0.2, -0.15) is 0 Å². The minimum absolute atomic E-state index is 0.189. The van der Waals surface area contributed by atoms with Crippen molar-refractivity contribution < 1.29 is 14.4 Å². The van der Waals surface area contributed by atoms with Crippen molar-refractivity contribution in [3.05, 3.63) is 23.9 Å². The summed E-state index contributed by atoms with van der Waals surface area (Å²) in [5, 5.41) is -1.22. The maximum Gasteiger partial charge on any atom is 0.336 e. The highest BCUT2D eigenvalue weighted by molar-refractivity contribution is 7.53. The number of hydrogen-bond donors (Lipinski definition) is 3. The molecule has 0 radical (unpaired) electrons. The molecule has 0 aliphatic carbocycles. The minimum atomic E-state index is -4.28. The molecule has 16 heavy (non-hydrogen) atoms. The maximum absolute atomic E-state index is 11.7. The van der Waals surface area contributed by atoms with Gasteiger partial charge in [0.25, 0.3) is 0 Å². The van der Waals surface area contributed by atoms with Gasteiger partial charge < -0.3 is 15.5 Å². The van der Waals surface area contributed by atoms with Gasteiger partial charge in [0.15, 0.2) is 0 Å². The van der Waals surface area contributed by atoms with Crippen LogP contribution in [0.5, 0.6) is 0 Å². The third-order valence-corrected chi connectivity index (χ3v) is 5.06. The Morgan fingerprint density at radius 2 is 2.00 bits per heavy atom. The van der Waals surface area contributed by atoms with Gasteiger partial charge in [0, 0.05) is 11.8 Å². The van der Waals surface area contributed by atoms with Crippen LogP contribution in [0.4, 0.5) is 5.82 Å². The van der Waals surface area contributed by atoms with Gasteiger partial charge in [0.1, 0.15) is 5.82 Å². The molecule has 0 aliphatic heterocycles. The van der Waals surface area contributed by atoms with Crippen LogP contribution in [-0.2, 0) is 9.72 Å². The molecule has 0 amide bonds. The number of rotatable bonds is 4. The van der Waals surface area contributed by atoms with Crippen molar-refractivity contribution in [1.29, 1.82) is 0 Å². The van der Waals surface area contributed by atoms with Crippen LogP contribution in [0, 0.1) is 0 Å². The molecule has 90 valence electrons. The van der Waals surface area contributed by atoms with E-state index in [1.54, 1.807) is 26.0 Å². The third-order valence-electron chi connectivity index (χ3n) is 3.07. The molecule has 5 nitrogen and oxygen atoms in total. The summed E-state index contributed by atoms with van der Waals surface area (Å²) in [6.45, 7) is 3.49. The average Bonchev–Trinajstić information content (AvgIpc) is 2.21. The normalized spacial score (nSPS) is 12.8. The number of nitrogens with zero attached hydrogens (tertiary/aromatic N) is 1. The van der Waals surface area contributed by atoms with Gasteiger partial charge in [-0.3, -0.25) is 4.57 Å². The second kappa shape index (κ2) is 4.53. The smallest absolute Gasteiger partial charge is 0.336 e. The zero-order chi connectivity index (χ0) is 12.4. The minimum Gasteiger partial charge on any atom is -0.383 e. The zero-order valence-corrected chi connectivity index (χ0v) is 10.3. The lowest BCUT2D eigenvalue weighted by Crippen LogP contribution is -2.26. The number of aromatic nitrogens is 1. The predicted octanol–water partition coefficient (Wildman–Crippen LogP) is 1.86. The highest BCUT2D eigenvalue weighted by atomic mass is 31.2. The van der Waals surface area contributed by atoms with Gasteiger partial charge in [-0.05, 0) is 18.9 Å². The Kier molecular flexibility index (Phi) is 3.73. The number of anilines is 1. The van der Waals surface area contributed by atoms with E-state index in [-0.39, 0.29) is 5.82 Å². The first-order chi connectivity index (χ1) is 7.39. The predicted molar refractivity (Wildman–Crippen MR) is 63.0 cm³/mol. The van der Waals surface area contributed by atoms with Gasteiger partial charge in [0.05, 0.1) is 5.16 Å². The van der Waals surface area contributed by atoms with Crippen molar-refractivity contribution in [2.24, 2.45) is 0 Å². The highest BCUT2D eigenvalue weighted by Crippen LogP contribution is 2.61. The van der Waals surface area contributed by atoms with E-state index < -0.39 is 12.8 Å². The fourth-order valence-corrected chi connectivity index (χ4v) is 3.34. The van der Waals surface area contributed by atoms with Crippen LogP contribution in [0.25, 0.3) is 0 Å². The largest absolute Gasteiger partial charge is 0.383 e. The molecule has 6 heteroatoms. The lowest BCUT2D eigenvalue weighted by atomic mass is 9.93. The fourth-order valence-electron chi connectivity index (χ4n) is 2.01. The Labute approximate surface area is 94.9 Å². The van der Waals surface area contributed by atoms with Crippen molar-refractivity contribution >= 4 is 13.4 Å². The summed E-state index contributed by atoms with van der Waals surface area (Å²) in [5.74, 6) is 0.189. The third kappa shape index (κ3) is 1.98. The molecule has 0 bridgehead atoms. The number of hydrogen-bond acceptors (Lipinski definition) is 3. The first kappa shape index (κ1) is 13.2. The summed E-state index contributed by atoms with van der Waals surface area (Å²) >= 11 is 0. The molecule has 0 unspecified atom stereocenters. The molecule has 1 heterocycles. The molecule has 0 spiro atoms. The van der Waals surface area contributed by atoms with Gasteiger partial charge in [0.2, 0.25) is 0 Å². The van der Waals surface area contributed by atoms with Crippen LogP contribution in [0.3, 0.4) is 0 Å². The van der Waals surface area contributed by atoms with E-state index in [4.69, 9.17) is 5.73 Å². The summed E-state index contributed by atoms with van der Waals surface area (Å²) in [6, 6.07) is 3.27. The van der Waals surface area contributed by atoms with Crippen molar-refractivity contribution in [2.75, 3.05) is 5.73 Å². The first-order valence-corrected chi connectivity index (χ1v) is 6.77. The monoisotopic (exact) mass is 244 g/mol. The van der Waals surface area contributed by atoms with Crippen molar-refractivity contribution in [3.8, 4) is 0 Å². The quantitative estimate of drug-likeness (QED) is 0.702. The first-order valence-electron chi connectivity index (χ1n) is 5.15. The van der Waals surface area contributed by atoms with Crippen LogP contribution in [0.15, 0.2) is 18.3 Å². The molecule has 1 rings (SSSR count). The van der Waals surface area contributed by atoms with Crippen molar-refractivity contribution in [1.82, 2.24) is 4.98 Å². The highest BCUT2D eigenvalue weighted by Gasteiger charge is 2.46. The van der Waals surface area contributed by atoms with Crippen molar-refractivity contribution in [3.63, 3.8) is 0 Å². The summed E-state index contributed by atoms with van der Waals surface area (Å²) in [7, 11) is -4.28. The van der Waals surface area contributed by atoms with Gasteiger partial charge >= 0.3 is 7.60 Å². The molecule has 0 fully saturated rings. The Bertz CT molecular complexity index is 412. The maximum atomic E-state index is 11.7. The fraction of sp³-hybridized carbons (Fsp3) is 0.500. The van der Waals surface area contributed by atoms with E-state index in [9.17, 15) is 14.4 Å². The number of nitrogens with two attached hydrogens (primary N) is 1. The van der Waals surface area contributed by atoms with E-state index in [0.717, 1.165) is 0 Å². The average molecular weight is 244 g/mol. The molecule has 0 atom stereocenters. The summed E-state index contributed by atoms with van der Waals surface area (Å²) < 4.78 is 11.7. The van der Waals surface area contributed by atoms with E-state index in [1.807, 2.05) is 0 Å². The number of nitrogen functional groups attached to an aromatic ring is 1. The lowest BCUT2D eigenvalue weighted by Gasteiger charge is -2.33. The molecule has 1 aromatic rings. The van der Waals surface area contributed by atoms with E-state index >= 15 is 0 Å². The van der Waals surface area contributed by atoms with Crippen LogP contribution in [-0.4, -0.2) is 14.8 Å². The van der Waals surface area contributed by atoms with E-state index in [0.29, 0.717) is 18.4 Å². The topological polar surface area (TPSA) is 96.4 Å². The molecular formula is C10H17N2O3P. The molecule has 0 aromatic carbocycles. The van der Waals surface area contributed by atoms with E-state index in [2.05, 4.69) is 4.98 Å². The Morgan fingerprint density at radius 3 is 2.38 bits per heavy atom. The second-order valence-corrected chi connectivity index (χ2v) is 5.66. The summed E-state index contributed by atoms with van der Waals surface area (Å²) in [4.78, 5) is 23.0.